The molecule has 0 atom stereocenters. The van der Waals surface area contributed by atoms with Crippen LogP contribution in [0.1, 0.15) is 44.7 Å². The van der Waals surface area contributed by atoms with Gasteiger partial charge in [0.25, 0.3) is 5.69 Å². The lowest BCUT2D eigenvalue weighted by Gasteiger charge is -2.16. The maximum absolute atomic E-state index is 12.4. The fourth-order valence-corrected chi connectivity index (χ4v) is 3.71. The predicted molar refractivity (Wildman–Crippen MR) is 103 cm³/mol. The minimum absolute atomic E-state index is 0.0535. The molecule has 140 valence electrons. The Bertz CT molecular complexity index is 909. The Kier molecular flexibility index (Phi) is 5.91. The third-order valence-corrected chi connectivity index (χ3v) is 5.40. The van der Waals surface area contributed by atoms with E-state index in [1.807, 2.05) is 12.1 Å². The van der Waals surface area contributed by atoms with E-state index in [2.05, 4.69) is 0 Å². The molecule has 1 aliphatic rings. The van der Waals surface area contributed by atoms with Crippen LogP contribution in [0.3, 0.4) is 0 Å². The number of nitro benzene ring substituents is 1. The van der Waals surface area contributed by atoms with Gasteiger partial charge in [-0.2, -0.15) is 0 Å². The topological polar surface area (TPSA) is 86.5 Å². The zero-order valence-corrected chi connectivity index (χ0v) is 15.7. The number of ketones is 1. The van der Waals surface area contributed by atoms with Gasteiger partial charge in [0.05, 0.1) is 15.4 Å². The van der Waals surface area contributed by atoms with Gasteiger partial charge in [-0.05, 0) is 61.3 Å². The fraction of sp³-hybridized carbons (Fsp3) is 0.300. The molecule has 0 heterocycles. The average molecular weight is 385 g/mol. The first kappa shape index (κ1) is 19.1. The monoisotopic (exact) mass is 385 g/mol. The van der Waals surface area contributed by atoms with Crippen LogP contribution in [0.2, 0.25) is 0 Å². The summed E-state index contributed by atoms with van der Waals surface area (Å²) >= 11 is 1.22. The van der Waals surface area contributed by atoms with Crippen molar-refractivity contribution in [1.82, 2.24) is 0 Å². The largest absolute Gasteiger partial charge is 0.454 e. The van der Waals surface area contributed by atoms with Crippen LogP contribution in [0.5, 0.6) is 0 Å². The molecular weight excluding hydrogens is 366 g/mol. The van der Waals surface area contributed by atoms with Crippen molar-refractivity contribution >= 4 is 29.2 Å². The summed E-state index contributed by atoms with van der Waals surface area (Å²) in [4.78, 5) is 35.6. The number of benzene rings is 2. The highest BCUT2D eigenvalue weighted by molar-refractivity contribution is 7.98. The first-order chi connectivity index (χ1) is 13.0. The van der Waals surface area contributed by atoms with Crippen LogP contribution < -0.4 is 0 Å². The summed E-state index contributed by atoms with van der Waals surface area (Å²) in [5.41, 5.74) is 2.88. The Hall–Kier alpha value is -2.67. The molecule has 3 rings (SSSR count). The quantitative estimate of drug-likeness (QED) is 0.243. The van der Waals surface area contributed by atoms with Crippen LogP contribution in [0.4, 0.5) is 5.69 Å². The highest BCUT2D eigenvalue weighted by Gasteiger charge is 2.19. The molecule has 0 amide bonds. The van der Waals surface area contributed by atoms with Crippen LogP contribution in [0, 0.1) is 10.1 Å². The lowest BCUT2D eigenvalue weighted by atomic mass is 9.90. The summed E-state index contributed by atoms with van der Waals surface area (Å²) in [6, 6.07) is 9.75. The van der Waals surface area contributed by atoms with E-state index >= 15 is 0 Å². The molecule has 0 spiro atoms. The summed E-state index contributed by atoms with van der Waals surface area (Å²) in [5, 5.41) is 11.1. The summed E-state index contributed by atoms with van der Waals surface area (Å²) < 4.78 is 5.08. The molecule has 2 aromatic carbocycles. The lowest BCUT2D eigenvalue weighted by molar-refractivity contribution is -0.387. The van der Waals surface area contributed by atoms with Gasteiger partial charge in [0.1, 0.15) is 0 Å². The molecule has 0 aliphatic heterocycles. The Morgan fingerprint density at radius 3 is 2.48 bits per heavy atom. The Balaban J connectivity index is 1.67. The maximum Gasteiger partial charge on any atom is 0.338 e. The molecule has 0 saturated heterocycles. The van der Waals surface area contributed by atoms with E-state index in [0.29, 0.717) is 10.5 Å². The molecule has 27 heavy (non-hydrogen) atoms. The molecular formula is C20H19NO5S. The van der Waals surface area contributed by atoms with E-state index in [0.717, 1.165) is 19.3 Å². The van der Waals surface area contributed by atoms with Gasteiger partial charge in [-0.15, -0.1) is 11.8 Å². The van der Waals surface area contributed by atoms with Crippen LogP contribution in [0.15, 0.2) is 41.3 Å². The fourth-order valence-electron chi connectivity index (χ4n) is 3.16. The Labute approximate surface area is 161 Å². The van der Waals surface area contributed by atoms with Gasteiger partial charge >= 0.3 is 5.97 Å². The number of carbonyl (C=O) groups excluding carboxylic acids is 2. The van der Waals surface area contributed by atoms with Crippen molar-refractivity contribution in [3.8, 4) is 0 Å². The van der Waals surface area contributed by atoms with E-state index in [1.165, 1.54) is 47.5 Å². The van der Waals surface area contributed by atoms with Gasteiger partial charge in [-0.3, -0.25) is 14.9 Å². The number of ether oxygens (including phenoxy) is 1. The molecule has 0 fully saturated rings. The first-order valence-corrected chi connectivity index (χ1v) is 9.86. The second kappa shape index (κ2) is 8.35. The van der Waals surface area contributed by atoms with Crippen molar-refractivity contribution in [2.24, 2.45) is 0 Å². The van der Waals surface area contributed by atoms with E-state index in [1.54, 1.807) is 12.3 Å². The van der Waals surface area contributed by atoms with E-state index in [-0.39, 0.29) is 17.0 Å². The van der Waals surface area contributed by atoms with Gasteiger partial charge < -0.3 is 4.74 Å². The summed E-state index contributed by atoms with van der Waals surface area (Å²) in [6.45, 7) is -0.393. The second-order valence-electron chi connectivity index (χ2n) is 6.33. The van der Waals surface area contributed by atoms with Crippen molar-refractivity contribution in [1.29, 1.82) is 0 Å². The number of hydrogen-bond acceptors (Lipinski definition) is 6. The van der Waals surface area contributed by atoms with Gasteiger partial charge in [0, 0.05) is 11.6 Å². The molecule has 0 saturated carbocycles. The molecule has 1 aliphatic carbocycles. The van der Waals surface area contributed by atoms with Gasteiger partial charge in [-0.1, -0.05) is 12.1 Å². The predicted octanol–water partition coefficient (Wildman–Crippen LogP) is 4.24. The second-order valence-corrected chi connectivity index (χ2v) is 7.18. The van der Waals surface area contributed by atoms with Crippen molar-refractivity contribution in [3.05, 3.63) is 68.8 Å². The van der Waals surface area contributed by atoms with Crippen molar-refractivity contribution in [2.75, 3.05) is 12.9 Å². The van der Waals surface area contributed by atoms with Crippen molar-refractivity contribution < 1.29 is 19.2 Å². The third kappa shape index (κ3) is 4.36. The van der Waals surface area contributed by atoms with E-state index in [4.69, 9.17) is 4.74 Å². The van der Waals surface area contributed by atoms with E-state index in [9.17, 15) is 19.7 Å². The summed E-state index contributed by atoms with van der Waals surface area (Å²) in [6.07, 6.45) is 5.99. The van der Waals surface area contributed by atoms with Crippen LogP contribution in [-0.4, -0.2) is 29.5 Å². The molecule has 0 aromatic heterocycles. The summed E-state index contributed by atoms with van der Waals surface area (Å²) in [5.74, 6) is -1.04. The van der Waals surface area contributed by atoms with Crippen molar-refractivity contribution in [2.45, 2.75) is 30.6 Å². The zero-order chi connectivity index (χ0) is 19.4. The van der Waals surface area contributed by atoms with Crippen LogP contribution in [0.25, 0.3) is 0 Å². The number of nitrogens with zero attached hydrogens (tertiary/aromatic N) is 1. The minimum Gasteiger partial charge on any atom is -0.454 e. The third-order valence-electron chi connectivity index (χ3n) is 4.62. The molecule has 0 radical (unpaired) electrons. The summed E-state index contributed by atoms with van der Waals surface area (Å²) in [7, 11) is 0. The number of aryl methyl sites for hydroxylation is 2. The zero-order valence-electron chi connectivity index (χ0n) is 14.9. The molecule has 0 N–H and O–H groups in total. The Morgan fingerprint density at radius 2 is 1.78 bits per heavy atom. The number of hydrogen-bond donors (Lipinski definition) is 0. The standard InChI is InChI=1S/C20H19NO5S/c1-27-19-9-8-16(11-17(19)21(24)25)20(23)26-12-18(22)15-7-6-13-4-2-3-5-14(13)10-15/h6-11H,2-5,12H2,1H3. The molecule has 2 aromatic rings. The number of Topliss-reactive ketones (excluding diaryl/α,β-unsaturated/α-hetero) is 1. The molecule has 0 bridgehead atoms. The van der Waals surface area contributed by atoms with Gasteiger partial charge in [0.2, 0.25) is 0 Å². The first-order valence-electron chi connectivity index (χ1n) is 8.64. The van der Waals surface area contributed by atoms with Gasteiger partial charge in [0.15, 0.2) is 12.4 Å². The highest BCUT2D eigenvalue weighted by Crippen LogP contribution is 2.28. The molecule has 0 unspecified atom stereocenters. The number of esters is 1. The van der Waals surface area contributed by atoms with E-state index < -0.39 is 17.5 Å². The maximum atomic E-state index is 12.4. The van der Waals surface area contributed by atoms with Crippen molar-refractivity contribution in [3.63, 3.8) is 0 Å². The number of nitro groups is 1. The molecule has 7 heteroatoms. The van der Waals surface area contributed by atoms with Crippen LogP contribution >= 0.6 is 11.8 Å². The highest BCUT2D eigenvalue weighted by atomic mass is 32.2. The minimum atomic E-state index is -0.753. The number of rotatable bonds is 6. The van der Waals surface area contributed by atoms with Gasteiger partial charge in [-0.25, -0.2) is 4.79 Å². The number of carbonyl (C=O) groups is 2. The number of thioether (sulfide) groups is 1. The average Bonchev–Trinajstić information content (AvgIpc) is 2.70. The molecule has 6 nitrogen and oxygen atoms in total. The Morgan fingerprint density at radius 1 is 1.07 bits per heavy atom. The van der Waals surface area contributed by atoms with Crippen LogP contribution in [-0.2, 0) is 17.6 Å². The number of fused-ring (bicyclic) bond motifs is 1. The smallest absolute Gasteiger partial charge is 0.338 e. The SMILES string of the molecule is CSc1ccc(C(=O)OCC(=O)c2ccc3c(c2)CCCC3)cc1[N+](=O)[O-]. The lowest BCUT2D eigenvalue weighted by Crippen LogP contribution is -2.15. The normalized spacial score (nSPS) is 12.9.